The van der Waals surface area contributed by atoms with Gasteiger partial charge in [0.05, 0.1) is 5.56 Å². The van der Waals surface area contributed by atoms with Gasteiger partial charge in [-0.05, 0) is 57.0 Å². The van der Waals surface area contributed by atoms with E-state index in [9.17, 15) is 14.4 Å². The lowest BCUT2D eigenvalue weighted by atomic mass is 10.1. The van der Waals surface area contributed by atoms with Gasteiger partial charge in [0.15, 0.2) is 6.61 Å². The van der Waals surface area contributed by atoms with Crippen molar-refractivity contribution in [3.05, 3.63) is 65.7 Å². The van der Waals surface area contributed by atoms with Crippen molar-refractivity contribution in [1.82, 2.24) is 5.32 Å². The Kier molecular flexibility index (Phi) is 7.77. The Morgan fingerprint density at radius 1 is 0.931 bits per heavy atom. The van der Waals surface area contributed by atoms with Gasteiger partial charge in [0.2, 0.25) is 0 Å². The smallest absolute Gasteiger partial charge is 0.412 e. The molecular weight excluding hydrogens is 372 g/mol. The van der Waals surface area contributed by atoms with Crippen molar-refractivity contribution in [2.24, 2.45) is 0 Å². The monoisotopic (exact) mass is 398 g/mol. The largest absolute Gasteiger partial charge is 0.452 e. The van der Waals surface area contributed by atoms with Gasteiger partial charge in [-0.15, -0.1) is 0 Å². The zero-order chi connectivity index (χ0) is 21.3. The molecule has 2 N–H and O–H groups in total. The van der Waals surface area contributed by atoms with E-state index in [-0.39, 0.29) is 18.1 Å². The third-order valence-electron chi connectivity index (χ3n) is 3.68. The Morgan fingerprint density at radius 2 is 1.59 bits per heavy atom. The molecule has 0 fully saturated rings. The normalized spacial score (nSPS) is 10.7. The first-order valence-electron chi connectivity index (χ1n) is 9.31. The van der Waals surface area contributed by atoms with E-state index in [2.05, 4.69) is 10.6 Å². The van der Waals surface area contributed by atoms with Gasteiger partial charge in [-0.3, -0.25) is 10.1 Å². The fourth-order valence-electron chi connectivity index (χ4n) is 2.37. The number of esters is 1. The Bertz CT molecular complexity index is 827. The zero-order valence-corrected chi connectivity index (χ0v) is 16.9. The highest BCUT2D eigenvalue weighted by Gasteiger charge is 2.16. The van der Waals surface area contributed by atoms with Crippen LogP contribution in [0.4, 0.5) is 10.5 Å². The van der Waals surface area contributed by atoms with E-state index in [1.807, 2.05) is 30.3 Å². The Hall–Kier alpha value is -3.35. The van der Waals surface area contributed by atoms with Gasteiger partial charge in [0.25, 0.3) is 5.91 Å². The molecule has 0 spiro atoms. The van der Waals surface area contributed by atoms with Crippen molar-refractivity contribution in [1.29, 1.82) is 0 Å². The van der Waals surface area contributed by atoms with Crippen molar-refractivity contribution in [3.63, 3.8) is 0 Å². The van der Waals surface area contributed by atoms with Crippen LogP contribution in [0.15, 0.2) is 54.6 Å². The average Bonchev–Trinajstić information content (AvgIpc) is 2.66. The second-order valence-corrected chi connectivity index (χ2v) is 7.37. The fourth-order valence-corrected chi connectivity index (χ4v) is 2.37. The summed E-state index contributed by atoms with van der Waals surface area (Å²) in [7, 11) is 0. The SMILES string of the molecule is CC(C)(C)OC(=O)Nc1ccc(C(=O)OCC(=O)NCCc2ccccc2)cc1. The number of carbonyl (C=O) groups excluding carboxylic acids is 3. The van der Waals surface area contributed by atoms with Crippen molar-refractivity contribution in [2.75, 3.05) is 18.5 Å². The van der Waals surface area contributed by atoms with Crippen LogP contribution in [0.3, 0.4) is 0 Å². The summed E-state index contributed by atoms with van der Waals surface area (Å²) < 4.78 is 10.2. The molecule has 0 atom stereocenters. The lowest BCUT2D eigenvalue weighted by molar-refractivity contribution is -0.124. The summed E-state index contributed by atoms with van der Waals surface area (Å²) in [5.74, 6) is -0.982. The number of hydrogen-bond donors (Lipinski definition) is 2. The molecule has 2 aromatic carbocycles. The van der Waals surface area contributed by atoms with E-state index >= 15 is 0 Å². The van der Waals surface area contributed by atoms with Gasteiger partial charge in [-0.1, -0.05) is 30.3 Å². The van der Waals surface area contributed by atoms with Crippen molar-refractivity contribution < 1.29 is 23.9 Å². The van der Waals surface area contributed by atoms with E-state index in [0.29, 0.717) is 18.7 Å². The lowest BCUT2D eigenvalue weighted by Crippen LogP contribution is -2.30. The molecule has 0 aliphatic carbocycles. The van der Waals surface area contributed by atoms with Crippen LogP contribution < -0.4 is 10.6 Å². The third-order valence-corrected chi connectivity index (χ3v) is 3.68. The molecule has 0 saturated carbocycles. The Balaban J connectivity index is 1.73. The minimum absolute atomic E-state index is 0.275. The molecule has 29 heavy (non-hydrogen) atoms. The van der Waals surface area contributed by atoms with Crippen LogP contribution in [0.2, 0.25) is 0 Å². The summed E-state index contributed by atoms with van der Waals surface area (Å²) in [6.45, 7) is 5.41. The summed E-state index contributed by atoms with van der Waals surface area (Å²) in [5.41, 5.74) is 1.27. The van der Waals surface area contributed by atoms with Gasteiger partial charge in [-0.25, -0.2) is 9.59 Å². The van der Waals surface area contributed by atoms with Gasteiger partial charge in [-0.2, -0.15) is 0 Å². The third kappa shape index (κ3) is 8.47. The van der Waals surface area contributed by atoms with Crippen LogP contribution in [0.25, 0.3) is 0 Å². The molecule has 0 radical (unpaired) electrons. The number of ether oxygens (including phenoxy) is 2. The number of amides is 2. The molecule has 2 amide bonds. The minimum Gasteiger partial charge on any atom is -0.452 e. The summed E-state index contributed by atoms with van der Waals surface area (Å²) in [5, 5.41) is 5.28. The molecule has 0 aliphatic rings. The highest BCUT2D eigenvalue weighted by Crippen LogP contribution is 2.13. The summed E-state index contributed by atoms with van der Waals surface area (Å²) in [6.07, 6.45) is 0.118. The van der Waals surface area contributed by atoms with Gasteiger partial charge in [0.1, 0.15) is 5.60 Å². The first kappa shape index (κ1) is 21.9. The minimum atomic E-state index is -0.618. The first-order chi connectivity index (χ1) is 13.7. The number of hydrogen-bond acceptors (Lipinski definition) is 5. The highest BCUT2D eigenvalue weighted by atomic mass is 16.6. The predicted octanol–water partition coefficient (Wildman–Crippen LogP) is 3.55. The van der Waals surface area contributed by atoms with Crippen LogP contribution >= 0.6 is 0 Å². The lowest BCUT2D eigenvalue weighted by Gasteiger charge is -2.19. The van der Waals surface area contributed by atoms with Crippen LogP contribution in [0.5, 0.6) is 0 Å². The van der Waals surface area contributed by atoms with Crippen LogP contribution in [-0.2, 0) is 20.7 Å². The molecule has 0 bridgehead atoms. The van der Waals surface area contributed by atoms with E-state index in [1.54, 1.807) is 32.9 Å². The Labute approximate surface area is 170 Å². The molecule has 0 unspecified atom stereocenters. The summed E-state index contributed by atoms with van der Waals surface area (Å²) in [4.78, 5) is 35.6. The number of nitrogens with one attached hydrogen (secondary N) is 2. The molecule has 7 nitrogen and oxygen atoms in total. The van der Waals surface area contributed by atoms with Gasteiger partial charge in [0, 0.05) is 12.2 Å². The van der Waals surface area contributed by atoms with Crippen molar-refractivity contribution in [2.45, 2.75) is 32.8 Å². The molecule has 7 heteroatoms. The number of carbonyl (C=O) groups is 3. The molecule has 154 valence electrons. The standard InChI is InChI=1S/C22H26N2O5/c1-22(2,3)29-21(27)24-18-11-9-17(10-12-18)20(26)28-15-19(25)23-14-13-16-7-5-4-6-8-16/h4-12H,13-15H2,1-3H3,(H,23,25)(H,24,27). The maximum Gasteiger partial charge on any atom is 0.412 e. The quantitative estimate of drug-likeness (QED) is 0.696. The molecule has 0 saturated heterocycles. The molecule has 0 heterocycles. The molecule has 0 aliphatic heterocycles. The zero-order valence-electron chi connectivity index (χ0n) is 16.9. The Morgan fingerprint density at radius 3 is 2.21 bits per heavy atom. The molecular formula is C22H26N2O5. The van der Waals surface area contributed by atoms with E-state index in [1.165, 1.54) is 12.1 Å². The second-order valence-electron chi connectivity index (χ2n) is 7.37. The van der Waals surface area contributed by atoms with Gasteiger partial charge < -0.3 is 14.8 Å². The fraction of sp³-hybridized carbons (Fsp3) is 0.318. The average molecular weight is 398 g/mol. The second kappa shape index (κ2) is 10.3. The molecule has 2 aromatic rings. The maximum absolute atomic E-state index is 12.1. The summed E-state index contributed by atoms with van der Waals surface area (Å²) >= 11 is 0. The van der Waals surface area contributed by atoms with E-state index in [0.717, 1.165) is 5.56 Å². The molecule has 0 aromatic heterocycles. The topological polar surface area (TPSA) is 93.7 Å². The number of anilines is 1. The van der Waals surface area contributed by atoms with Crippen molar-refractivity contribution in [3.8, 4) is 0 Å². The highest BCUT2D eigenvalue weighted by molar-refractivity contribution is 5.92. The van der Waals surface area contributed by atoms with Crippen molar-refractivity contribution >= 4 is 23.7 Å². The van der Waals surface area contributed by atoms with E-state index < -0.39 is 17.7 Å². The van der Waals surface area contributed by atoms with Crippen LogP contribution in [0.1, 0.15) is 36.7 Å². The van der Waals surface area contributed by atoms with Gasteiger partial charge >= 0.3 is 12.1 Å². The predicted molar refractivity (Wildman–Crippen MR) is 110 cm³/mol. The number of rotatable bonds is 7. The summed E-state index contributed by atoms with van der Waals surface area (Å²) in [6, 6.07) is 15.9. The van der Waals surface area contributed by atoms with Crippen LogP contribution in [-0.4, -0.2) is 36.7 Å². The number of benzene rings is 2. The maximum atomic E-state index is 12.1. The van der Waals surface area contributed by atoms with E-state index in [4.69, 9.17) is 9.47 Å². The first-order valence-corrected chi connectivity index (χ1v) is 9.31. The van der Waals surface area contributed by atoms with Crippen LogP contribution in [0, 0.1) is 0 Å². The molecule has 2 rings (SSSR count).